The summed E-state index contributed by atoms with van der Waals surface area (Å²) in [7, 11) is 1.56. The lowest BCUT2D eigenvalue weighted by Gasteiger charge is -2.35. The summed E-state index contributed by atoms with van der Waals surface area (Å²) in [6, 6.07) is 10.2. The zero-order valence-electron chi connectivity index (χ0n) is 17.4. The van der Waals surface area contributed by atoms with Crippen LogP contribution in [0.5, 0.6) is 5.75 Å². The maximum atomic E-state index is 14.2. The van der Waals surface area contributed by atoms with Crippen LogP contribution in [0.3, 0.4) is 0 Å². The standard InChI is InChI=1S/C24H23FN4O2/c1-4-6-18-21(13-26)31-20-8-7-15(16-9-14(5-2)10-17(25)11-16)12-19(20)24(18)22(30)29(3)23(27)28-24/h4,6-13H,1,5,26H2,2-3H3,(H2,27,28)/b18-6+,21-13+. The smallest absolute Gasteiger partial charge is 0.266 e. The van der Waals surface area contributed by atoms with E-state index in [4.69, 9.17) is 16.2 Å². The van der Waals surface area contributed by atoms with Gasteiger partial charge in [-0.25, -0.2) is 9.38 Å². The van der Waals surface area contributed by atoms with Crippen molar-refractivity contribution in [2.75, 3.05) is 7.05 Å². The number of likely N-dealkylation sites (N-methyl/N-ethyl adjacent to an activating group) is 1. The van der Waals surface area contributed by atoms with E-state index in [9.17, 15) is 9.18 Å². The van der Waals surface area contributed by atoms with Crippen LogP contribution in [0.15, 0.2) is 77.7 Å². The molecule has 4 N–H and O–H groups in total. The fraction of sp³-hybridized carbons (Fsp3) is 0.167. The van der Waals surface area contributed by atoms with Gasteiger partial charge in [0.2, 0.25) is 5.54 Å². The third-order valence-corrected chi connectivity index (χ3v) is 5.62. The highest BCUT2D eigenvalue weighted by molar-refractivity contribution is 6.10. The summed E-state index contributed by atoms with van der Waals surface area (Å²) in [6.45, 7) is 5.71. The molecule has 0 fully saturated rings. The molecule has 1 amide bonds. The first kappa shape index (κ1) is 20.4. The molecule has 158 valence electrons. The number of halogens is 1. The number of carbonyl (C=O) groups is 1. The average molecular weight is 418 g/mol. The zero-order chi connectivity index (χ0) is 22.3. The molecule has 2 aromatic carbocycles. The SMILES string of the molecule is C=C/C=C1\C(=C/N)Oc2ccc(-c3cc(F)cc(CC)c3)cc2C12N=C(N)N(C)C2=O. The summed E-state index contributed by atoms with van der Waals surface area (Å²) < 4.78 is 20.2. The number of ether oxygens (including phenoxy) is 1. The van der Waals surface area contributed by atoms with Crippen molar-refractivity contribution >= 4 is 11.9 Å². The van der Waals surface area contributed by atoms with E-state index in [1.807, 2.05) is 19.1 Å². The molecule has 2 aliphatic heterocycles. The Morgan fingerprint density at radius 3 is 2.65 bits per heavy atom. The van der Waals surface area contributed by atoms with Crippen LogP contribution >= 0.6 is 0 Å². The molecule has 2 heterocycles. The second-order valence-electron chi connectivity index (χ2n) is 7.41. The third kappa shape index (κ3) is 3.01. The van der Waals surface area contributed by atoms with E-state index in [1.165, 1.54) is 29.3 Å². The monoisotopic (exact) mass is 418 g/mol. The average Bonchev–Trinajstić information content (AvgIpc) is 2.99. The summed E-state index contributed by atoms with van der Waals surface area (Å²) in [6.07, 6.45) is 5.16. The summed E-state index contributed by atoms with van der Waals surface area (Å²) in [5.74, 6) is 0.132. The molecular formula is C24H23FN4O2. The minimum absolute atomic E-state index is 0.0774. The number of nitrogens with zero attached hydrogens (tertiary/aromatic N) is 2. The van der Waals surface area contributed by atoms with Gasteiger partial charge in [0.05, 0.1) is 0 Å². The lowest BCUT2D eigenvalue weighted by atomic mass is 9.78. The van der Waals surface area contributed by atoms with Crippen LogP contribution in [0.4, 0.5) is 4.39 Å². The van der Waals surface area contributed by atoms with Gasteiger partial charge >= 0.3 is 0 Å². The molecule has 31 heavy (non-hydrogen) atoms. The molecule has 2 aliphatic rings. The highest BCUT2D eigenvalue weighted by Crippen LogP contribution is 2.51. The zero-order valence-corrected chi connectivity index (χ0v) is 17.4. The normalized spacial score (nSPS) is 22.6. The van der Waals surface area contributed by atoms with E-state index in [1.54, 1.807) is 25.3 Å². The number of amides is 1. The van der Waals surface area contributed by atoms with Crippen molar-refractivity contribution in [1.29, 1.82) is 0 Å². The van der Waals surface area contributed by atoms with Crippen LogP contribution in [-0.2, 0) is 16.8 Å². The lowest BCUT2D eigenvalue weighted by molar-refractivity contribution is -0.129. The fourth-order valence-corrected chi connectivity index (χ4v) is 4.04. The van der Waals surface area contributed by atoms with Crippen LogP contribution in [0, 0.1) is 5.82 Å². The molecule has 4 rings (SSSR count). The van der Waals surface area contributed by atoms with E-state index in [0.717, 1.165) is 11.1 Å². The minimum Gasteiger partial charge on any atom is -0.455 e. The van der Waals surface area contributed by atoms with E-state index >= 15 is 0 Å². The number of benzene rings is 2. The first-order valence-corrected chi connectivity index (χ1v) is 9.86. The number of hydrogen-bond acceptors (Lipinski definition) is 5. The molecular weight excluding hydrogens is 395 g/mol. The van der Waals surface area contributed by atoms with E-state index in [2.05, 4.69) is 11.6 Å². The number of hydrogen-bond donors (Lipinski definition) is 2. The summed E-state index contributed by atoms with van der Waals surface area (Å²) >= 11 is 0. The molecule has 1 atom stereocenters. The molecule has 6 nitrogen and oxygen atoms in total. The number of allylic oxidation sites excluding steroid dienone is 2. The van der Waals surface area contributed by atoms with Crippen molar-refractivity contribution in [3.63, 3.8) is 0 Å². The molecule has 7 heteroatoms. The van der Waals surface area contributed by atoms with Gasteiger partial charge in [0.1, 0.15) is 17.3 Å². The van der Waals surface area contributed by atoms with Crippen molar-refractivity contribution in [2.45, 2.75) is 18.9 Å². The van der Waals surface area contributed by atoms with E-state index < -0.39 is 5.54 Å². The largest absolute Gasteiger partial charge is 0.455 e. The van der Waals surface area contributed by atoms with Gasteiger partial charge < -0.3 is 16.2 Å². The third-order valence-electron chi connectivity index (χ3n) is 5.62. The Balaban J connectivity index is 2.02. The van der Waals surface area contributed by atoms with Gasteiger partial charge in [0.25, 0.3) is 5.91 Å². The van der Waals surface area contributed by atoms with Crippen LogP contribution < -0.4 is 16.2 Å². The van der Waals surface area contributed by atoms with Gasteiger partial charge in [-0.2, -0.15) is 0 Å². The minimum atomic E-state index is -1.47. The summed E-state index contributed by atoms with van der Waals surface area (Å²) in [5, 5.41) is 0. The maximum absolute atomic E-state index is 14.2. The lowest BCUT2D eigenvalue weighted by Crippen LogP contribution is -2.44. The Labute approximate surface area is 180 Å². The van der Waals surface area contributed by atoms with E-state index in [0.29, 0.717) is 34.6 Å². The Kier molecular flexibility index (Phi) is 4.89. The van der Waals surface area contributed by atoms with Crippen molar-refractivity contribution in [1.82, 2.24) is 4.90 Å². The maximum Gasteiger partial charge on any atom is 0.266 e. The number of carbonyl (C=O) groups excluding carboxylic acids is 1. The molecule has 1 spiro atoms. The topological polar surface area (TPSA) is 93.9 Å². The Hall–Kier alpha value is -3.87. The molecule has 0 radical (unpaired) electrons. The second kappa shape index (κ2) is 7.43. The van der Waals surface area contributed by atoms with Crippen LogP contribution in [-0.4, -0.2) is 23.8 Å². The van der Waals surface area contributed by atoms with Crippen LogP contribution in [0.2, 0.25) is 0 Å². The quantitative estimate of drug-likeness (QED) is 0.799. The van der Waals surface area contributed by atoms with Crippen molar-refractivity contribution in [2.24, 2.45) is 16.5 Å². The van der Waals surface area contributed by atoms with Gasteiger partial charge in [-0.1, -0.05) is 37.8 Å². The van der Waals surface area contributed by atoms with Crippen molar-refractivity contribution in [3.8, 4) is 16.9 Å². The number of aliphatic imine (C=N–C) groups is 1. The number of nitrogens with two attached hydrogens (primary N) is 2. The van der Waals surface area contributed by atoms with Gasteiger partial charge in [-0.15, -0.1) is 0 Å². The number of rotatable bonds is 3. The first-order chi connectivity index (χ1) is 14.8. The first-order valence-electron chi connectivity index (χ1n) is 9.86. The van der Waals surface area contributed by atoms with Crippen molar-refractivity contribution < 1.29 is 13.9 Å². The highest BCUT2D eigenvalue weighted by atomic mass is 19.1. The molecule has 0 bridgehead atoms. The summed E-state index contributed by atoms with van der Waals surface area (Å²) in [5.41, 5.74) is 13.6. The second-order valence-corrected chi connectivity index (χ2v) is 7.41. The Morgan fingerprint density at radius 1 is 1.26 bits per heavy atom. The number of fused-ring (bicyclic) bond motifs is 2. The van der Waals surface area contributed by atoms with Gasteiger partial charge in [-0.3, -0.25) is 9.69 Å². The molecule has 1 unspecified atom stereocenters. The molecule has 2 aromatic rings. The van der Waals surface area contributed by atoms with Gasteiger partial charge in [0, 0.05) is 24.4 Å². The molecule has 0 aliphatic carbocycles. The predicted octanol–water partition coefficient (Wildman–Crippen LogP) is 3.34. The fourth-order valence-electron chi connectivity index (χ4n) is 4.04. The van der Waals surface area contributed by atoms with Crippen LogP contribution in [0.1, 0.15) is 18.1 Å². The van der Waals surface area contributed by atoms with Crippen molar-refractivity contribution in [3.05, 3.63) is 89.6 Å². The molecule has 0 aromatic heterocycles. The predicted molar refractivity (Wildman–Crippen MR) is 118 cm³/mol. The van der Waals surface area contributed by atoms with Crippen LogP contribution in [0.25, 0.3) is 11.1 Å². The highest BCUT2D eigenvalue weighted by Gasteiger charge is 2.55. The molecule has 0 saturated heterocycles. The van der Waals surface area contributed by atoms with Gasteiger partial charge in [-0.05, 0) is 47.4 Å². The molecule has 0 saturated carbocycles. The Bertz CT molecular complexity index is 1200. The van der Waals surface area contributed by atoms with E-state index in [-0.39, 0.29) is 17.7 Å². The van der Waals surface area contributed by atoms with Gasteiger partial charge in [0.15, 0.2) is 5.96 Å². The Morgan fingerprint density at radius 2 is 2.03 bits per heavy atom. The number of aryl methyl sites for hydroxylation is 1. The number of guanidine groups is 1. The summed E-state index contributed by atoms with van der Waals surface area (Å²) in [4.78, 5) is 19.3.